The summed E-state index contributed by atoms with van der Waals surface area (Å²) < 4.78 is 16.2. The second kappa shape index (κ2) is 9.88. The molecule has 1 aliphatic rings. The fraction of sp³-hybridized carbons (Fsp3) is 0.381. The van der Waals surface area contributed by atoms with Crippen LogP contribution in [0.4, 0.5) is 5.82 Å². The molecule has 1 amide bonds. The van der Waals surface area contributed by atoms with Crippen molar-refractivity contribution in [3.63, 3.8) is 0 Å². The molecule has 0 atom stereocenters. The molecule has 8 heteroatoms. The maximum absolute atomic E-state index is 12.3. The molecular weight excluding hydrogens is 374 g/mol. The summed E-state index contributed by atoms with van der Waals surface area (Å²) >= 11 is 0. The van der Waals surface area contributed by atoms with Gasteiger partial charge >= 0.3 is 0 Å². The highest BCUT2D eigenvalue weighted by atomic mass is 16.5. The van der Waals surface area contributed by atoms with Crippen LogP contribution in [0.3, 0.4) is 0 Å². The molecule has 1 aromatic heterocycles. The number of Topliss-reactive ketones (excluding diaryl/α,β-unsaturated/α-hetero) is 1. The van der Waals surface area contributed by atoms with E-state index >= 15 is 0 Å². The zero-order chi connectivity index (χ0) is 20.6. The molecule has 0 unspecified atom stereocenters. The van der Waals surface area contributed by atoms with Crippen molar-refractivity contribution in [3.8, 4) is 11.5 Å². The molecule has 1 N–H and O–H groups in total. The second-order valence-corrected chi connectivity index (χ2v) is 6.57. The average molecular weight is 399 g/mol. The Labute approximate surface area is 169 Å². The molecule has 2 aromatic rings. The lowest BCUT2D eigenvalue weighted by Crippen LogP contribution is -2.38. The third-order valence-electron chi connectivity index (χ3n) is 4.58. The van der Waals surface area contributed by atoms with Gasteiger partial charge in [-0.3, -0.25) is 9.59 Å². The van der Waals surface area contributed by atoms with Gasteiger partial charge in [0.2, 0.25) is 0 Å². The quantitative estimate of drug-likeness (QED) is 0.677. The number of morpholine rings is 1. The van der Waals surface area contributed by atoms with Crippen LogP contribution in [-0.2, 0) is 16.1 Å². The summed E-state index contributed by atoms with van der Waals surface area (Å²) in [7, 11) is 1.49. The number of benzene rings is 1. The van der Waals surface area contributed by atoms with Gasteiger partial charge in [-0.25, -0.2) is 4.98 Å². The Morgan fingerprint density at radius 1 is 1.21 bits per heavy atom. The highest BCUT2D eigenvalue weighted by Gasteiger charge is 2.16. The average Bonchev–Trinajstić information content (AvgIpc) is 2.76. The van der Waals surface area contributed by atoms with Crippen molar-refractivity contribution in [3.05, 3.63) is 47.7 Å². The summed E-state index contributed by atoms with van der Waals surface area (Å²) in [5, 5.41) is 2.86. The number of anilines is 1. The number of amides is 1. The Morgan fingerprint density at radius 2 is 2.00 bits per heavy atom. The predicted octanol–water partition coefficient (Wildman–Crippen LogP) is 1.82. The van der Waals surface area contributed by atoms with Crippen molar-refractivity contribution in [2.75, 3.05) is 44.9 Å². The maximum atomic E-state index is 12.3. The summed E-state index contributed by atoms with van der Waals surface area (Å²) in [6.07, 6.45) is 1.75. The Kier molecular flexibility index (Phi) is 7.02. The first-order valence-corrected chi connectivity index (χ1v) is 9.43. The number of nitrogens with zero attached hydrogens (tertiary/aromatic N) is 2. The van der Waals surface area contributed by atoms with Crippen molar-refractivity contribution in [2.45, 2.75) is 13.5 Å². The van der Waals surface area contributed by atoms with Crippen molar-refractivity contribution in [2.24, 2.45) is 0 Å². The third-order valence-corrected chi connectivity index (χ3v) is 4.58. The van der Waals surface area contributed by atoms with Crippen molar-refractivity contribution in [1.29, 1.82) is 0 Å². The van der Waals surface area contributed by atoms with Gasteiger partial charge < -0.3 is 24.4 Å². The molecule has 1 fully saturated rings. The van der Waals surface area contributed by atoms with Gasteiger partial charge in [0, 0.05) is 37.0 Å². The molecule has 29 heavy (non-hydrogen) atoms. The first-order chi connectivity index (χ1) is 14.1. The van der Waals surface area contributed by atoms with Crippen molar-refractivity contribution in [1.82, 2.24) is 10.3 Å². The zero-order valence-corrected chi connectivity index (χ0v) is 16.6. The summed E-state index contributed by atoms with van der Waals surface area (Å²) in [6, 6.07) is 8.66. The maximum Gasteiger partial charge on any atom is 0.258 e. The number of ether oxygens (including phenoxy) is 3. The number of rotatable bonds is 8. The topological polar surface area (TPSA) is 90.0 Å². The highest BCUT2D eigenvalue weighted by molar-refractivity contribution is 5.94. The van der Waals surface area contributed by atoms with E-state index in [0.29, 0.717) is 36.8 Å². The number of carbonyl (C=O) groups is 2. The Bertz CT molecular complexity index is 865. The van der Waals surface area contributed by atoms with E-state index in [1.165, 1.54) is 14.0 Å². The smallest absolute Gasteiger partial charge is 0.258 e. The van der Waals surface area contributed by atoms with Crippen LogP contribution in [0.15, 0.2) is 36.5 Å². The Hall–Kier alpha value is -3.13. The Morgan fingerprint density at radius 3 is 2.72 bits per heavy atom. The Balaban J connectivity index is 1.56. The molecule has 2 heterocycles. The minimum Gasteiger partial charge on any atom is -0.493 e. The predicted molar refractivity (Wildman–Crippen MR) is 108 cm³/mol. The van der Waals surface area contributed by atoms with Crippen LogP contribution in [-0.4, -0.2) is 56.7 Å². The number of methoxy groups -OCH3 is 1. The summed E-state index contributed by atoms with van der Waals surface area (Å²) in [5.74, 6) is 1.34. The van der Waals surface area contributed by atoms with Gasteiger partial charge in [-0.05, 0) is 31.2 Å². The van der Waals surface area contributed by atoms with Gasteiger partial charge in [-0.2, -0.15) is 0 Å². The lowest BCUT2D eigenvalue weighted by atomic mass is 10.1. The van der Waals surface area contributed by atoms with Crippen LogP contribution in [0, 0.1) is 0 Å². The van der Waals surface area contributed by atoms with Crippen molar-refractivity contribution < 1.29 is 23.8 Å². The lowest BCUT2D eigenvalue weighted by molar-refractivity contribution is -0.123. The summed E-state index contributed by atoms with van der Waals surface area (Å²) in [4.78, 5) is 30.4. The molecule has 0 bridgehead atoms. The van der Waals surface area contributed by atoms with Gasteiger partial charge in [0.15, 0.2) is 23.9 Å². The minimum atomic E-state index is -0.264. The monoisotopic (exact) mass is 399 g/mol. The van der Waals surface area contributed by atoms with E-state index in [2.05, 4.69) is 15.2 Å². The minimum absolute atomic E-state index is 0.0693. The summed E-state index contributed by atoms with van der Waals surface area (Å²) in [5.41, 5.74) is 1.46. The van der Waals surface area contributed by atoms with E-state index in [4.69, 9.17) is 14.2 Å². The highest BCUT2D eigenvalue weighted by Crippen LogP contribution is 2.28. The van der Waals surface area contributed by atoms with Crippen LogP contribution < -0.4 is 19.7 Å². The lowest BCUT2D eigenvalue weighted by Gasteiger charge is -2.29. The number of hydrogen-bond donors (Lipinski definition) is 1. The molecular formula is C21H25N3O5. The molecule has 0 aliphatic carbocycles. The number of hydrogen-bond acceptors (Lipinski definition) is 7. The normalized spacial score (nSPS) is 13.7. The van der Waals surface area contributed by atoms with Crippen molar-refractivity contribution >= 4 is 17.5 Å². The van der Waals surface area contributed by atoms with Crippen LogP contribution >= 0.6 is 0 Å². The van der Waals surface area contributed by atoms with Crippen LogP contribution in [0.2, 0.25) is 0 Å². The first-order valence-electron chi connectivity index (χ1n) is 9.43. The van der Waals surface area contributed by atoms with Crippen LogP contribution in [0.5, 0.6) is 11.5 Å². The van der Waals surface area contributed by atoms with E-state index in [9.17, 15) is 9.59 Å². The van der Waals surface area contributed by atoms with E-state index in [-0.39, 0.29) is 18.3 Å². The van der Waals surface area contributed by atoms with Gasteiger partial charge in [-0.15, -0.1) is 0 Å². The van der Waals surface area contributed by atoms with E-state index < -0.39 is 0 Å². The molecule has 0 saturated carbocycles. The number of pyridine rings is 1. The van der Waals surface area contributed by atoms with Crippen LogP contribution in [0.1, 0.15) is 22.8 Å². The third kappa shape index (κ3) is 5.45. The fourth-order valence-electron chi connectivity index (χ4n) is 3.02. The van der Waals surface area contributed by atoms with Gasteiger partial charge in [-0.1, -0.05) is 6.07 Å². The van der Waals surface area contributed by atoms with Gasteiger partial charge in [0.1, 0.15) is 5.82 Å². The number of carbonyl (C=O) groups excluding carboxylic acids is 2. The molecule has 1 saturated heterocycles. The number of ketones is 1. The molecule has 1 aromatic carbocycles. The SMILES string of the molecule is COc1cc(C(C)=O)ccc1OCC(=O)NCc1cccnc1N1CCOCC1. The fourth-order valence-corrected chi connectivity index (χ4v) is 3.02. The molecule has 1 aliphatic heterocycles. The molecule has 0 spiro atoms. The largest absolute Gasteiger partial charge is 0.493 e. The van der Waals surface area contributed by atoms with Gasteiger partial charge in [0.05, 0.1) is 20.3 Å². The molecule has 3 rings (SSSR count). The van der Waals surface area contributed by atoms with Gasteiger partial charge in [0.25, 0.3) is 5.91 Å². The number of aromatic nitrogens is 1. The van der Waals surface area contributed by atoms with E-state index in [1.807, 2.05) is 12.1 Å². The van der Waals surface area contributed by atoms with E-state index in [0.717, 1.165) is 24.5 Å². The standard InChI is InChI=1S/C21H25N3O5/c1-15(25)16-5-6-18(19(12-16)27-2)29-14-20(26)23-13-17-4-3-7-22-21(17)24-8-10-28-11-9-24/h3-7,12H,8-11,13-14H2,1-2H3,(H,23,26). The molecule has 8 nitrogen and oxygen atoms in total. The summed E-state index contributed by atoms with van der Waals surface area (Å²) in [6.45, 7) is 4.55. The molecule has 154 valence electrons. The van der Waals surface area contributed by atoms with Crippen LogP contribution in [0.25, 0.3) is 0 Å². The van der Waals surface area contributed by atoms with E-state index in [1.54, 1.807) is 24.4 Å². The number of nitrogens with one attached hydrogen (secondary N) is 1. The molecule has 0 radical (unpaired) electrons. The first kappa shape index (κ1) is 20.6. The zero-order valence-electron chi connectivity index (χ0n) is 16.6. The second-order valence-electron chi connectivity index (χ2n) is 6.57.